The quantitative estimate of drug-likeness (QED) is 0.407. The van der Waals surface area contributed by atoms with Gasteiger partial charge in [0.15, 0.2) is 5.16 Å². The zero-order valence-corrected chi connectivity index (χ0v) is 18.6. The van der Waals surface area contributed by atoms with Crippen molar-refractivity contribution < 1.29 is 9.53 Å². The molecule has 0 unspecified atom stereocenters. The molecule has 1 amide bonds. The number of piperidine rings is 1. The Hall–Kier alpha value is -1.42. The average Bonchev–Trinajstić information content (AvgIpc) is 3.21. The van der Waals surface area contributed by atoms with Crippen molar-refractivity contribution in [2.45, 2.75) is 30.8 Å². The summed E-state index contributed by atoms with van der Waals surface area (Å²) in [5, 5.41) is 4.86. The molecule has 0 aliphatic carbocycles. The second-order valence-electron chi connectivity index (χ2n) is 7.47. The van der Waals surface area contributed by atoms with Gasteiger partial charge in [0.25, 0.3) is 5.91 Å². The molecular weight excluding hydrogens is 406 g/mol. The molecule has 29 heavy (non-hydrogen) atoms. The zero-order chi connectivity index (χ0) is 20.1. The molecule has 2 aliphatic heterocycles. The lowest BCUT2D eigenvalue weighted by molar-refractivity contribution is 0.0374. The first kappa shape index (κ1) is 20.8. The maximum Gasteiger partial charge on any atom is 0.261 e. The zero-order valence-electron chi connectivity index (χ0n) is 17.0. The fourth-order valence-corrected chi connectivity index (χ4v) is 5.21. The van der Waals surface area contributed by atoms with Crippen LogP contribution in [0.2, 0.25) is 0 Å². The first-order valence-electron chi connectivity index (χ1n) is 10.4. The number of thioether (sulfide) groups is 1. The van der Waals surface area contributed by atoms with Gasteiger partial charge in [0.1, 0.15) is 10.6 Å². The molecule has 0 bridgehead atoms. The molecule has 0 radical (unpaired) electrons. The third kappa shape index (κ3) is 5.20. The van der Waals surface area contributed by atoms with Gasteiger partial charge in [0.05, 0.1) is 23.5 Å². The summed E-state index contributed by atoms with van der Waals surface area (Å²) in [5.74, 6) is 0.979. The standard InChI is InChI=1S/C20H29N5O2S2/c1-28-20-22-17(25-8-3-2-4-9-25)15-14-16(29-19(15)23-20)18(26)21-6-5-7-24-10-12-27-13-11-24/h14H,2-13H2,1H3,(H,21,26). The molecular formula is C20H29N5O2S2. The number of morpholine rings is 1. The van der Waals surface area contributed by atoms with E-state index in [0.717, 1.165) is 78.4 Å². The Kier molecular flexibility index (Phi) is 7.23. The molecule has 2 saturated heterocycles. The predicted molar refractivity (Wildman–Crippen MR) is 119 cm³/mol. The van der Waals surface area contributed by atoms with Gasteiger partial charge in [0, 0.05) is 32.7 Å². The molecule has 9 heteroatoms. The minimum Gasteiger partial charge on any atom is -0.379 e. The molecule has 0 atom stereocenters. The highest BCUT2D eigenvalue weighted by Gasteiger charge is 2.20. The number of anilines is 1. The second-order valence-corrected chi connectivity index (χ2v) is 9.28. The highest BCUT2D eigenvalue weighted by Crippen LogP contribution is 2.33. The number of nitrogens with one attached hydrogen (secondary N) is 1. The van der Waals surface area contributed by atoms with Crippen molar-refractivity contribution in [2.75, 3.05) is 63.6 Å². The Morgan fingerprint density at radius 3 is 2.76 bits per heavy atom. The van der Waals surface area contributed by atoms with Crippen molar-refractivity contribution in [2.24, 2.45) is 0 Å². The third-order valence-corrected chi connectivity index (χ3v) is 7.03. The van der Waals surface area contributed by atoms with Crippen LogP contribution >= 0.6 is 23.1 Å². The van der Waals surface area contributed by atoms with Gasteiger partial charge >= 0.3 is 0 Å². The first-order valence-corrected chi connectivity index (χ1v) is 12.5. The minimum atomic E-state index is -0.00901. The summed E-state index contributed by atoms with van der Waals surface area (Å²) in [4.78, 5) is 28.5. The fourth-order valence-electron chi connectivity index (χ4n) is 3.85. The van der Waals surface area contributed by atoms with Gasteiger partial charge in [-0.3, -0.25) is 9.69 Å². The van der Waals surface area contributed by atoms with Crippen LogP contribution in [0.4, 0.5) is 5.82 Å². The van der Waals surface area contributed by atoms with Crippen LogP contribution in [0.3, 0.4) is 0 Å². The molecule has 7 nitrogen and oxygen atoms in total. The van der Waals surface area contributed by atoms with Crippen LogP contribution in [0.5, 0.6) is 0 Å². The molecule has 158 valence electrons. The number of hydrogen-bond donors (Lipinski definition) is 1. The summed E-state index contributed by atoms with van der Waals surface area (Å²) < 4.78 is 5.37. The summed E-state index contributed by atoms with van der Waals surface area (Å²) in [5.41, 5.74) is 0. The van der Waals surface area contributed by atoms with Crippen molar-refractivity contribution in [3.8, 4) is 0 Å². The molecule has 4 heterocycles. The molecule has 2 aliphatic rings. The maximum absolute atomic E-state index is 12.7. The van der Waals surface area contributed by atoms with Gasteiger partial charge in [-0.1, -0.05) is 11.8 Å². The molecule has 2 aromatic heterocycles. The van der Waals surface area contributed by atoms with Gasteiger partial charge < -0.3 is 15.0 Å². The van der Waals surface area contributed by atoms with Crippen molar-refractivity contribution in [1.29, 1.82) is 0 Å². The van der Waals surface area contributed by atoms with Crippen molar-refractivity contribution in [1.82, 2.24) is 20.2 Å². The highest BCUT2D eigenvalue weighted by molar-refractivity contribution is 7.98. The monoisotopic (exact) mass is 435 g/mol. The summed E-state index contributed by atoms with van der Waals surface area (Å²) in [6, 6.07) is 1.98. The minimum absolute atomic E-state index is 0.00901. The van der Waals surface area contributed by atoms with Gasteiger partial charge in [-0.2, -0.15) is 0 Å². The van der Waals surface area contributed by atoms with E-state index in [9.17, 15) is 4.79 Å². The summed E-state index contributed by atoms with van der Waals surface area (Å²) in [6.45, 7) is 7.33. The first-order chi connectivity index (χ1) is 14.2. The third-order valence-electron chi connectivity index (χ3n) is 5.45. The topological polar surface area (TPSA) is 70.6 Å². The normalized spacial score (nSPS) is 18.3. The number of aromatic nitrogens is 2. The molecule has 0 aromatic carbocycles. The molecule has 1 N–H and O–H groups in total. The van der Waals surface area contributed by atoms with E-state index in [1.165, 1.54) is 30.6 Å². The number of fused-ring (bicyclic) bond motifs is 1. The molecule has 0 spiro atoms. The largest absolute Gasteiger partial charge is 0.379 e. The Morgan fingerprint density at radius 1 is 1.21 bits per heavy atom. The van der Waals surface area contributed by atoms with E-state index < -0.39 is 0 Å². The predicted octanol–water partition coefficient (Wildman–Crippen LogP) is 2.86. The van der Waals surface area contributed by atoms with Crippen LogP contribution in [0.25, 0.3) is 10.2 Å². The van der Waals surface area contributed by atoms with E-state index >= 15 is 0 Å². The van der Waals surface area contributed by atoms with E-state index in [1.54, 1.807) is 11.8 Å². The van der Waals surface area contributed by atoms with Crippen LogP contribution < -0.4 is 10.2 Å². The molecule has 2 fully saturated rings. The smallest absolute Gasteiger partial charge is 0.261 e. The molecule has 2 aromatic rings. The van der Waals surface area contributed by atoms with Crippen LogP contribution in [0.1, 0.15) is 35.4 Å². The van der Waals surface area contributed by atoms with Crippen LogP contribution in [-0.4, -0.2) is 79.5 Å². The number of nitrogens with zero attached hydrogens (tertiary/aromatic N) is 4. The van der Waals surface area contributed by atoms with Gasteiger partial charge in [0.2, 0.25) is 0 Å². The van der Waals surface area contributed by atoms with Crippen molar-refractivity contribution in [3.05, 3.63) is 10.9 Å². The van der Waals surface area contributed by atoms with E-state index in [1.807, 2.05) is 12.3 Å². The van der Waals surface area contributed by atoms with E-state index in [2.05, 4.69) is 20.1 Å². The van der Waals surface area contributed by atoms with Gasteiger partial charge in [-0.05, 0) is 44.6 Å². The average molecular weight is 436 g/mol. The van der Waals surface area contributed by atoms with E-state index in [0.29, 0.717) is 6.54 Å². The lowest BCUT2D eigenvalue weighted by Gasteiger charge is -2.28. The Labute approximate surface area is 180 Å². The lowest BCUT2D eigenvalue weighted by Crippen LogP contribution is -2.38. The number of carbonyl (C=O) groups excluding carboxylic acids is 1. The summed E-state index contributed by atoms with van der Waals surface area (Å²) in [6.07, 6.45) is 6.62. The maximum atomic E-state index is 12.7. The molecule has 4 rings (SSSR count). The number of ether oxygens (including phenoxy) is 1. The second kappa shape index (κ2) is 10.1. The van der Waals surface area contributed by atoms with Crippen molar-refractivity contribution in [3.63, 3.8) is 0 Å². The van der Waals surface area contributed by atoms with E-state index in [-0.39, 0.29) is 5.91 Å². The van der Waals surface area contributed by atoms with Crippen LogP contribution in [0.15, 0.2) is 11.2 Å². The van der Waals surface area contributed by atoms with Crippen molar-refractivity contribution >= 4 is 45.0 Å². The van der Waals surface area contributed by atoms with Crippen LogP contribution in [-0.2, 0) is 4.74 Å². The number of hydrogen-bond acceptors (Lipinski definition) is 8. The van der Waals surface area contributed by atoms with Crippen LogP contribution in [0, 0.1) is 0 Å². The highest BCUT2D eigenvalue weighted by atomic mass is 32.2. The fraction of sp³-hybridized carbons (Fsp3) is 0.650. The number of thiophene rings is 1. The summed E-state index contributed by atoms with van der Waals surface area (Å²) in [7, 11) is 0. The van der Waals surface area contributed by atoms with Gasteiger partial charge in [-0.15, -0.1) is 11.3 Å². The Morgan fingerprint density at radius 2 is 2.00 bits per heavy atom. The number of carbonyl (C=O) groups is 1. The Bertz CT molecular complexity index is 832. The summed E-state index contributed by atoms with van der Waals surface area (Å²) >= 11 is 3.02. The SMILES string of the molecule is CSc1nc(N2CCCCC2)c2cc(C(=O)NCCCN3CCOCC3)sc2n1. The number of rotatable bonds is 7. The Balaban J connectivity index is 1.42. The number of amides is 1. The molecule has 0 saturated carbocycles. The van der Waals surface area contributed by atoms with E-state index in [4.69, 9.17) is 9.72 Å². The van der Waals surface area contributed by atoms with Gasteiger partial charge in [-0.25, -0.2) is 9.97 Å². The lowest BCUT2D eigenvalue weighted by atomic mass is 10.1.